The third-order valence-electron chi connectivity index (χ3n) is 6.59. The minimum atomic E-state index is 0.0681. The molecule has 0 aliphatic carbocycles. The summed E-state index contributed by atoms with van der Waals surface area (Å²) in [5, 5.41) is 9.04. The number of nitriles is 1. The topological polar surface area (TPSA) is 70.7 Å². The highest BCUT2D eigenvalue weighted by Crippen LogP contribution is 2.33. The minimum absolute atomic E-state index is 0.0681. The molecule has 0 bridgehead atoms. The van der Waals surface area contributed by atoms with E-state index in [2.05, 4.69) is 15.5 Å². The van der Waals surface area contributed by atoms with Gasteiger partial charge in [-0.3, -0.25) is 4.79 Å². The molecule has 1 saturated heterocycles. The molecule has 34 heavy (non-hydrogen) atoms. The average Bonchev–Trinajstić information content (AvgIpc) is 3.02. The second-order valence-electron chi connectivity index (χ2n) is 8.74. The molecule has 1 amide bonds. The lowest BCUT2D eigenvalue weighted by Gasteiger charge is -2.24. The van der Waals surface area contributed by atoms with Crippen molar-refractivity contribution in [2.75, 3.05) is 44.3 Å². The highest BCUT2D eigenvalue weighted by atomic mass is 16.6. The zero-order valence-corrected chi connectivity index (χ0v) is 19.6. The summed E-state index contributed by atoms with van der Waals surface area (Å²) in [4.78, 5) is 17.8. The molecule has 2 aliphatic rings. The van der Waals surface area contributed by atoms with Gasteiger partial charge in [0, 0.05) is 55.0 Å². The van der Waals surface area contributed by atoms with Crippen LogP contribution in [0.15, 0.2) is 48.5 Å². The first-order chi connectivity index (χ1) is 16.5. The first-order valence-corrected chi connectivity index (χ1v) is 11.7. The summed E-state index contributed by atoms with van der Waals surface area (Å²) in [6.07, 6.45) is 0.895. The Bertz CT molecular complexity index is 1260. The number of ether oxygens (including phenoxy) is 2. The van der Waals surface area contributed by atoms with Crippen LogP contribution in [0.4, 0.5) is 5.69 Å². The predicted molar refractivity (Wildman–Crippen MR) is 130 cm³/mol. The average molecular weight is 457 g/mol. The lowest BCUT2D eigenvalue weighted by Crippen LogP contribution is -2.35. The van der Waals surface area contributed by atoms with Gasteiger partial charge in [0.15, 0.2) is 11.5 Å². The van der Waals surface area contributed by atoms with Gasteiger partial charge in [0.1, 0.15) is 13.2 Å². The van der Waals surface area contributed by atoms with Crippen molar-refractivity contribution < 1.29 is 14.3 Å². The third-order valence-corrected chi connectivity index (χ3v) is 6.59. The van der Waals surface area contributed by atoms with Gasteiger partial charge in [-0.15, -0.1) is 0 Å². The van der Waals surface area contributed by atoms with Crippen molar-refractivity contribution in [1.29, 1.82) is 5.26 Å². The third kappa shape index (κ3) is 4.08. The SMILES string of the molecule is Cc1cc(C(=O)N2CCCN(c3ccc(C#N)cc3)CC2)c(C)n1-c1ccc2c(c1)OCCO2. The van der Waals surface area contributed by atoms with Crippen molar-refractivity contribution in [1.82, 2.24) is 9.47 Å². The molecular weight excluding hydrogens is 428 g/mol. The van der Waals surface area contributed by atoms with Crippen LogP contribution in [0.2, 0.25) is 0 Å². The van der Waals surface area contributed by atoms with E-state index in [4.69, 9.17) is 14.7 Å². The van der Waals surface area contributed by atoms with Crippen LogP contribution in [0.3, 0.4) is 0 Å². The van der Waals surface area contributed by atoms with E-state index in [0.29, 0.717) is 25.3 Å². The Balaban J connectivity index is 1.34. The standard InChI is InChI=1S/C27H28N4O3/c1-19-16-24(20(2)31(19)23-8-9-25-26(17-23)34-15-14-33-25)27(32)30-11-3-10-29(12-13-30)22-6-4-21(18-28)5-7-22/h4-9,16-17H,3,10-15H2,1-2H3. The number of aryl methyl sites for hydroxylation is 1. The fourth-order valence-electron chi connectivity index (χ4n) is 4.84. The number of rotatable bonds is 3. The monoisotopic (exact) mass is 456 g/mol. The van der Waals surface area contributed by atoms with E-state index in [9.17, 15) is 4.79 Å². The number of hydrogen-bond acceptors (Lipinski definition) is 5. The molecule has 0 spiro atoms. The lowest BCUT2D eigenvalue weighted by molar-refractivity contribution is 0.0766. The molecule has 7 heteroatoms. The summed E-state index contributed by atoms with van der Waals surface area (Å²) >= 11 is 0. The summed E-state index contributed by atoms with van der Waals surface area (Å²) in [6.45, 7) is 8.15. The maximum atomic E-state index is 13.5. The molecule has 2 aromatic carbocycles. The van der Waals surface area contributed by atoms with E-state index >= 15 is 0 Å². The second-order valence-corrected chi connectivity index (χ2v) is 8.74. The van der Waals surface area contributed by atoms with E-state index in [-0.39, 0.29) is 5.91 Å². The van der Waals surface area contributed by atoms with Gasteiger partial charge in [-0.1, -0.05) is 0 Å². The van der Waals surface area contributed by atoms with Crippen LogP contribution in [0.25, 0.3) is 5.69 Å². The largest absolute Gasteiger partial charge is 0.486 e. The van der Waals surface area contributed by atoms with Crippen molar-refractivity contribution in [3.05, 3.63) is 71.0 Å². The number of hydrogen-bond donors (Lipinski definition) is 0. The number of amides is 1. The molecule has 0 atom stereocenters. The zero-order valence-electron chi connectivity index (χ0n) is 19.6. The molecule has 0 unspecified atom stereocenters. The summed E-state index contributed by atoms with van der Waals surface area (Å²) < 4.78 is 13.5. The molecule has 0 radical (unpaired) electrons. The summed E-state index contributed by atoms with van der Waals surface area (Å²) in [5.74, 6) is 1.56. The highest BCUT2D eigenvalue weighted by molar-refractivity contribution is 5.96. The molecule has 0 N–H and O–H groups in total. The van der Waals surface area contributed by atoms with E-state index in [0.717, 1.165) is 65.9 Å². The Morgan fingerprint density at radius 2 is 1.62 bits per heavy atom. The Hall–Kier alpha value is -3.92. The second kappa shape index (κ2) is 9.14. The van der Waals surface area contributed by atoms with Crippen LogP contribution >= 0.6 is 0 Å². The van der Waals surface area contributed by atoms with Gasteiger partial charge in [-0.05, 0) is 62.7 Å². The first kappa shape index (κ1) is 21.9. The van der Waals surface area contributed by atoms with Crippen LogP contribution in [-0.2, 0) is 0 Å². The van der Waals surface area contributed by atoms with Crippen LogP contribution in [0.1, 0.15) is 33.7 Å². The van der Waals surface area contributed by atoms with Gasteiger partial charge in [-0.2, -0.15) is 5.26 Å². The smallest absolute Gasteiger partial charge is 0.255 e. The summed E-state index contributed by atoms with van der Waals surface area (Å²) in [6, 6.07) is 17.7. The van der Waals surface area contributed by atoms with Crippen LogP contribution in [0, 0.1) is 25.2 Å². The minimum Gasteiger partial charge on any atom is -0.486 e. The number of carbonyl (C=O) groups is 1. The Labute approximate surface area is 199 Å². The Morgan fingerprint density at radius 1 is 0.882 bits per heavy atom. The van der Waals surface area contributed by atoms with E-state index in [1.54, 1.807) is 0 Å². The van der Waals surface area contributed by atoms with E-state index in [1.807, 2.05) is 67.3 Å². The van der Waals surface area contributed by atoms with Gasteiger partial charge in [-0.25, -0.2) is 0 Å². The van der Waals surface area contributed by atoms with Crippen molar-refractivity contribution >= 4 is 11.6 Å². The number of nitrogens with zero attached hydrogens (tertiary/aromatic N) is 4. The van der Waals surface area contributed by atoms with Crippen molar-refractivity contribution in [3.8, 4) is 23.3 Å². The zero-order chi connectivity index (χ0) is 23.7. The van der Waals surface area contributed by atoms with Crippen LogP contribution in [-0.4, -0.2) is 54.8 Å². The molecule has 1 aromatic heterocycles. The van der Waals surface area contributed by atoms with Gasteiger partial charge < -0.3 is 23.8 Å². The summed E-state index contributed by atoms with van der Waals surface area (Å²) in [7, 11) is 0. The van der Waals surface area contributed by atoms with Crippen molar-refractivity contribution in [2.45, 2.75) is 20.3 Å². The lowest BCUT2D eigenvalue weighted by atomic mass is 10.2. The molecule has 7 nitrogen and oxygen atoms in total. The molecular formula is C27H28N4O3. The molecule has 174 valence electrons. The van der Waals surface area contributed by atoms with Gasteiger partial charge in [0.25, 0.3) is 5.91 Å². The van der Waals surface area contributed by atoms with Gasteiger partial charge >= 0.3 is 0 Å². The number of benzene rings is 2. The van der Waals surface area contributed by atoms with Crippen molar-refractivity contribution in [2.24, 2.45) is 0 Å². The molecule has 5 rings (SSSR count). The van der Waals surface area contributed by atoms with Crippen LogP contribution in [0.5, 0.6) is 11.5 Å². The fourth-order valence-corrected chi connectivity index (χ4v) is 4.84. The Kier molecular flexibility index (Phi) is 5.89. The number of fused-ring (bicyclic) bond motifs is 1. The first-order valence-electron chi connectivity index (χ1n) is 11.7. The molecule has 0 saturated carbocycles. The highest BCUT2D eigenvalue weighted by Gasteiger charge is 2.25. The van der Waals surface area contributed by atoms with E-state index < -0.39 is 0 Å². The van der Waals surface area contributed by atoms with E-state index in [1.165, 1.54) is 0 Å². The van der Waals surface area contributed by atoms with Crippen molar-refractivity contribution in [3.63, 3.8) is 0 Å². The van der Waals surface area contributed by atoms with Gasteiger partial charge in [0.05, 0.1) is 17.2 Å². The Morgan fingerprint density at radius 3 is 2.38 bits per heavy atom. The normalized spacial score (nSPS) is 15.6. The molecule has 1 fully saturated rings. The fraction of sp³-hybridized carbons (Fsp3) is 0.333. The van der Waals surface area contributed by atoms with Crippen LogP contribution < -0.4 is 14.4 Å². The quantitative estimate of drug-likeness (QED) is 0.594. The molecule has 3 aromatic rings. The molecule has 2 aliphatic heterocycles. The number of aromatic nitrogens is 1. The van der Waals surface area contributed by atoms with Gasteiger partial charge in [0.2, 0.25) is 0 Å². The maximum absolute atomic E-state index is 13.5. The number of carbonyl (C=O) groups excluding carboxylic acids is 1. The summed E-state index contributed by atoms with van der Waals surface area (Å²) in [5.41, 5.74) is 5.37. The maximum Gasteiger partial charge on any atom is 0.255 e. The number of anilines is 1. The molecule has 3 heterocycles. The predicted octanol–water partition coefficient (Wildman–Crippen LogP) is 4.09.